The van der Waals surface area contributed by atoms with Gasteiger partial charge in [-0.2, -0.15) is 0 Å². The first-order chi connectivity index (χ1) is 8.62. The van der Waals surface area contributed by atoms with E-state index in [2.05, 4.69) is 26.0 Å². The molecule has 0 aliphatic carbocycles. The molecule has 3 N–H and O–H groups in total. The topological polar surface area (TPSA) is 55.5 Å². The average molecular weight is 251 g/mol. The highest BCUT2D eigenvalue weighted by Crippen LogP contribution is 2.31. The molecule has 102 valence electrons. The van der Waals surface area contributed by atoms with Crippen LogP contribution >= 0.6 is 0 Å². The van der Waals surface area contributed by atoms with E-state index in [0.717, 1.165) is 12.2 Å². The molecule has 0 fully saturated rings. The first kappa shape index (κ1) is 15.0. The van der Waals surface area contributed by atoms with Crippen LogP contribution in [-0.4, -0.2) is 24.9 Å². The molecule has 1 aromatic carbocycles. The monoisotopic (exact) mass is 251 g/mol. The predicted molar refractivity (Wildman–Crippen MR) is 75.0 cm³/mol. The van der Waals surface area contributed by atoms with Gasteiger partial charge in [0.25, 0.3) is 0 Å². The largest absolute Gasteiger partial charge is 0.494 e. The summed E-state index contributed by atoms with van der Waals surface area (Å²) < 4.78 is 5.67. The van der Waals surface area contributed by atoms with Gasteiger partial charge in [-0.15, -0.1) is 0 Å². The van der Waals surface area contributed by atoms with E-state index >= 15 is 0 Å². The number of aliphatic hydroxyl groups is 1. The average Bonchev–Trinajstić information content (AvgIpc) is 2.38. The SMILES string of the molecule is CCOc1ccc(C)cc1C(C)CC(CN)CO. The first-order valence-electron chi connectivity index (χ1n) is 6.66. The highest BCUT2D eigenvalue weighted by atomic mass is 16.5. The van der Waals surface area contributed by atoms with Gasteiger partial charge in [0.05, 0.1) is 6.61 Å². The summed E-state index contributed by atoms with van der Waals surface area (Å²) in [6, 6.07) is 6.26. The van der Waals surface area contributed by atoms with Gasteiger partial charge in [-0.1, -0.05) is 24.6 Å². The molecule has 0 saturated heterocycles. The molecule has 2 atom stereocenters. The molecule has 0 aliphatic heterocycles. The van der Waals surface area contributed by atoms with E-state index in [-0.39, 0.29) is 12.5 Å². The number of aliphatic hydroxyl groups excluding tert-OH is 1. The van der Waals surface area contributed by atoms with Gasteiger partial charge in [0, 0.05) is 6.61 Å². The Bertz CT molecular complexity index is 362. The summed E-state index contributed by atoms with van der Waals surface area (Å²) in [4.78, 5) is 0. The van der Waals surface area contributed by atoms with Crippen molar-refractivity contribution in [3.63, 3.8) is 0 Å². The highest BCUT2D eigenvalue weighted by molar-refractivity contribution is 5.39. The summed E-state index contributed by atoms with van der Waals surface area (Å²) in [6.45, 7) is 7.58. The Morgan fingerprint density at radius 3 is 2.67 bits per heavy atom. The van der Waals surface area contributed by atoms with Gasteiger partial charge in [0.2, 0.25) is 0 Å². The lowest BCUT2D eigenvalue weighted by Gasteiger charge is -2.21. The Balaban J connectivity index is 2.88. The molecule has 2 unspecified atom stereocenters. The van der Waals surface area contributed by atoms with Gasteiger partial charge in [0.1, 0.15) is 5.75 Å². The van der Waals surface area contributed by atoms with Crippen molar-refractivity contribution in [3.05, 3.63) is 29.3 Å². The maximum Gasteiger partial charge on any atom is 0.122 e. The molecule has 0 aromatic heterocycles. The molecule has 3 nitrogen and oxygen atoms in total. The predicted octanol–water partition coefficient (Wildman–Crippen LogP) is 2.45. The Kier molecular flexibility index (Phi) is 6.16. The zero-order valence-electron chi connectivity index (χ0n) is 11.6. The molecule has 0 bridgehead atoms. The Morgan fingerprint density at radius 1 is 1.39 bits per heavy atom. The van der Waals surface area contributed by atoms with Crippen LogP contribution in [0, 0.1) is 12.8 Å². The van der Waals surface area contributed by atoms with E-state index < -0.39 is 0 Å². The van der Waals surface area contributed by atoms with Crippen molar-refractivity contribution in [2.45, 2.75) is 33.1 Å². The third-order valence-corrected chi connectivity index (χ3v) is 3.27. The van der Waals surface area contributed by atoms with Crippen LogP contribution in [0.25, 0.3) is 0 Å². The molecule has 18 heavy (non-hydrogen) atoms. The van der Waals surface area contributed by atoms with Crippen LogP contribution in [-0.2, 0) is 0 Å². The summed E-state index contributed by atoms with van der Waals surface area (Å²) in [6.07, 6.45) is 0.885. The smallest absolute Gasteiger partial charge is 0.122 e. The van der Waals surface area contributed by atoms with E-state index in [1.165, 1.54) is 11.1 Å². The standard InChI is InChI=1S/C15H25NO2/c1-4-18-15-6-5-11(2)7-14(15)12(3)8-13(9-16)10-17/h5-7,12-13,17H,4,8-10,16H2,1-3H3. The molecule has 0 amide bonds. The van der Waals surface area contributed by atoms with Crippen molar-refractivity contribution < 1.29 is 9.84 Å². The van der Waals surface area contributed by atoms with E-state index in [0.29, 0.717) is 19.1 Å². The minimum absolute atomic E-state index is 0.149. The fourth-order valence-electron chi connectivity index (χ4n) is 2.21. The number of benzene rings is 1. The summed E-state index contributed by atoms with van der Waals surface area (Å²) in [5.41, 5.74) is 8.09. The summed E-state index contributed by atoms with van der Waals surface area (Å²) in [5, 5.41) is 9.24. The lowest BCUT2D eigenvalue weighted by atomic mass is 9.89. The summed E-state index contributed by atoms with van der Waals surface area (Å²) in [5.74, 6) is 1.45. The zero-order chi connectivity index (χ0) is 13.5. The van der Waals surface area contributed by atoms with Crippen LogP contribution in [0.1, 0.15) is 37.3 Å². The van der Waals surface area contributed by atoms with Crippen molar-refractivity contribution in [2.75, 3.05) is 19.8 Å². The quantitative estimate of drug-likeness (QED) is 0.782. The summed E-state index contributed by atoms with van der Waals surface area (Å²) in [7, 11) is 0. The molecule has 1 aromatic rings. The lowest BCUT2D eigenvalue weighted by Crippen LogP contribution is -2.20. The van der Waals surface area contributed by atoms with Crippen molar-refractivity contribution in [3.8, 4) is 5.75 Å². The van der Waals surface area contributed by atoms with Crippen LogP contribution in [0.5, 0.6) is 5.75 Å². The van der Waals surface area contributed by atoms with Crippen LogP contribution in [0.4, 0.5) is 0 Å². The third kappa shape index (κ3) is 4.00. The van der Waals surface area contributed by atoms with Crippen molar-refractivity contribution in [2.24, 2.45) is 11.7 Å². The molecule has 0 radical (unpaired) electrons. The normalized spacial score (nSPS) is 14.3. The molecular weight excluding hydrogens is 226 g/mol. The van der Waals surface area contributed by atoms with Crippen LogP contribution in [0.2, 0.25) is 0 Å². The van der Waals surface area contributed by atoms with Crippen LogP contribution < -0.4 is 10.5 Å². The van der Waals surface area contributed by atoms with E-state index in [4.69, 9.17) is 10.5 Å². The van der Waals surface area contributed by atoms with Crippen LogP contribution in [0.3, 0.4) is 0 Å². The second-order valence-corrected chi connectivity index (χ2v) is 4.90. The van der Waals surface area contributed by atoms with E-state index in [1.54, 1.807) is 0 Å². The first-order valence-corrected chi connectivity index (χ1v) is 6.66. The fourth-order valence-corrected chi connectivity index (χ4v) is 2.21. The van der Waals surface area contributed by atoms with Gasteiger partial charge in [0.15, 0.2) is 0 Å². The number of hydrogen-bond acceptors (Lipinski definition) is 3. The maximum atomic E-state index is 9.24. The lowest BCUT2D eigenvalue weighted by molar-refractivity contribution is 0.216. The van der Waals surface area contributed by atoms with Crippen molar-refractivity contribution in [1.29, 1.82) is 0 Å². The van der Waals surface area contributed by atoms with Gasteiger partial charge in [-0.3, -0.25) is 0 Å². The maximum absolute atomic E-state index is 9.24. The Hall–Kier alpha value is -1.06. The second kappa shape index (κ2) is 7.39. The van der Waals surface area contributed by atoms with E-state index in [1.807, 2.05) is 13.0 Å². The molecule has 0 spiro atoms. The Labute approximate surface area is 110 Å². The molecule has 0 aliphatic rings. The third-order valence-electron chi connectivity index (χ3n) is 3.27. The van der Waals surface area contributed by atoms with Gasteiger partial charge < -0.3 is 15.6 Å². The highest BCUT2D eigenvalue weighted by Gasteiger charge is 2.16. The minimum Gasteiger partial charge on any atom is -0.494 e. The summed E-state index contributed by atoms with van der Waals surface area (Å²) >= 11 is 0. The number of aryl methyl sites for hydroxylation is 1. The van der Waals surface area contributed by atoms with Gasteiger partial charge in [-0.05, 0) is 50.3 Å². The zero-order valence-corrected chi connectivity index (χ0v) is 11.6. The van der Waals surface area contributed by atoms with Crippen LogP contribution in [0.15, 0.2) is 18.2 Å². The number of nitrogens with two attached hydrogens (primary N) is 1. The number of rotatable bonds is 7. The fraction of sp³-hybridized carbons (Fsp3) is 0.600. The van der Waals surface area contributed by atoms with E-state index in [9.17, 15) is 5.11 Å². The molecule has 0 heterocycles. The number of hydrogen-bond donors (Lipinski definition) is 2. The van der Waals surface area contributed by atoms with Crippen molar-refractivity contribution in [1.82, 2.24) is 0 Å². The van der Waals surface area contributed by atoms with Gasteiger partial charge >= 0.3 is 0 Å². The molecule has 0 saturated carbocycles. The van der Waals surface area contributed by atoms with Gasteiger partial charge in [-0.25, -0.2) is 0 Å². The minimum atomic E-state index is 0.149. The molecular formula is C15H25NO2. The van der Waals surface area contributed by atoms with Crippen molar-refractivity contribution >= 4 is 0 Å². The molecule has 3 heteroatoms. The molecule has 1 rings (SSSR count). The number of ether oxygens (including phenoxy) is 1. The second-order valence-electron chi connectivity index (χ2n) is 4.90. The Morgan fingerprint density at radius 2 is 2.11 bits per heavy atom.